The van der Waals surface area contributed by atoms with Crippen LogP contribution in [0.2, 0.25) is 0 Å². The topological polar surface area (TPSA) is 68.3 Å². The number of carbonyl (C=O) groups excluding carboxylic acids is 1. The number of hydrogen-bond acceptors (Lipinski definition) is 3. The van der Waals surface area contributed by atoms with Crippen LogP contribution in [0.25, 0.3) is 0 Å². The van der Waals surface area contributed by atoms with Crippen LogP contribution in [0.5, 0.6) is 0 Å². The molecule has 1 rings (SSSR count). The monoisotopic (exact) mass is 237 g/mol. The lowest BCUT2D eigenvalue weighted by Gasteiger charge is -2.21. The third-order valence-corrected chi connectivity index (χ3v) is 2.86. The Kier molecular flexibility index (Phi) is 3.60. The molecule has 1 aromatic rings. The quantitative estimate of drug-likeness (QED) is 0.823. The van der Waals surface area contributed by atoms with Crippen molar-refractivity contribution in [2.24, 2.45) is 0 Å². The largest absolute Gasteiger partial charge is 0.394 e. The first-order valence-corrected chi connectivity index (χ1v) is 5.46. The van der Waals surface area contributed by atoms with E-state index in [-0.39, 0.29) is 17.2 Å². The predicted molar refractivity (Wildman–Crippen MR) is 68.0 cm³/mol. The molecule has 0 saturated carbocycles. The molecule has 0 bridgehead atoms. The first-order valence-electron chi connectivity index (χ1n) is 5.46. The third-order valence-electron chi connectivity index (χ3n) is 2.86. The molecule has 0 unspecified atom stereocenters. The third kappa shape index (κ3) is 2.33. The molecule has 0 fully saturated rings. The van der Waals surface area contributed by atoms with E-state index in [0.717, 1.165) is 11.3 Å². The van der Waals surface area contributed by atoms with Crippen LogP contribution < -0.4 is 11.3 Å². The van der Waals surface area contributed by atoms with Crippen molar-refractivity contribution in [3.8, 4) is 0 Å². The summed E-state index contributed by atoms with van der Waals surface area (Å²) in [5.41, 5.74) is 7.09. The normalized spacial score (nSPS) is 12.3. The van der Waals surface area contributed by atoms with E-state index in [1.807, 2.05) is 6.07 Å². The summed E-state index contributed by atoms with van der Waals surface area (Å²) in [6.45, 7) is 5.28. The second-order valence-electron chi connectivity index (χ2n) is 4.47. The molecule has 17 heavy (non-hydrogen) atoms. The van der Waals surface area contributed by atoms with Gasteiger partial charge in [0.1, 0.15) is 11.7 Å². The highest BCUT2D eigenvalue weighted by Gasteiger charge is 2.20. The lowest BCUT2D eigenvalue weighted by Crippen LogP contribution is -2.37. The number of nitrogen functional groups attached to an aromatic ring is 1. The average molecular weight is 237 g/mol. The van der Waals surface area contributed by atoms with E-state index < -0.39 is 6.04 Å². The van der Waals surface area contributed by atoms with Gasteiger partial charge >= 0.3 is 0 Å². The number of amides is 1. The fourth-order valence-electron chi connectivity index (χ4n) is 1.88. The SMILES string of the molecule is Cc1cc(C)n([C@@H](C)C(=O)N(C)C)c(=O)c1N. The second-order valence-corrected chi connectivity index (χ2v) is 4.47. The molecule has 1 aromatic heterocycles. The van der Waals surface area contributed by atoms with Crippen LogP contribution in [0.15, 0.2) is 10.9 Å². The number of aryl methyl sites for hydroxylation is 2. The molecule has 1 heterocycles. The lowest BCUT2D eigenvalue weighted by molar-refractivity contribution is -0.131. The molecule has 0 spiro atoms. The molecule has 0 radical (unpaired) electrons. The van der Waals surface area contributed by atoms with Crippen LogP contribution in [0.1, 0.15) is 24.2 Å². The first kappa shape index (κ1) is 13.3. The highest BCUT2D eigenvalue weighted by molar-refractivity contribution is 5.79. The van der Waals surface area contributed by atoms with Gasteiger partial charge in [0.2, 0.25) is 5.91 Å². The van der Waals surface area contributed by atoms with Gasteiger partial charge in [-0.2, -0.15) is 0 Å². The summed E-state index contributed by atoms with van der Waals surface area (Å²) in [5, 5.41) is 0. The Labute approximate surface area is 101 Å². The number of nitrogens with zero attached hydrogens (tertiary/aromatic N) is 2. The van der Waals surface area contributed by atoms with Crippen LogP contribution in [0.3, 0.4) is 0 Å². The zero-order valence-electron chi connectivity index (χ0n) is 10.9. The van der Waals surface area contributed by atoms with Crippen LogP contribution in [-0.4, -0.2) is 29.5 Å². The average Bonchev–Trinajstić information content (AvgIpc) is 2.24. The summed E-state index contributed by atoms with van der Waals surface area (Å²) < 4.78 is 1.44. The first-order chi connectivity index (χ1) is 7.77. The number of anilines is 1. The van der Waals surface area contributed by atoms with E-state index in [0.29, 0.717) is 0 Å². The zero-order chi connectivity index (χ0) is 13.3. The highest BCUT2D eigenvalue weighted by Crippen LogP contribution is 2.13. The van der Waals surface area contributed by atoms with Crippen LogP contribution >= 0.6 is 0 Å². The van der Waals surface area contributed by atoms with Gasteiger partial charge in [0.25, 0.3) is 5.56 Å². The molecule has 1 atom stereocenters. The summed E-state index contributed by atoms with van der Waals surface area (Å²) in [6, 6.07) is 1.27. The Bertz CT molecular complexity index is 503. The van der Waals surface area contributed by atoms with Crippen molar-refractivity contribution in [3.63, 3.8) is 0 Å². The number of likely N-dealkylation sites (N-methyl/N-ethyl adjacent to an activating group) is 1. The Hall–Kier alpha value is -1.78. The predicted octanol–water partition coefficient (Wildman–Crippen LogP) is 0.697. The van der Waals surface area contributed by atoms with Crippen molar-refractivity contribution in [3.05, 3.63) is 27.7 Å². The van der Waals surface area contributed by atoms with Crippen molar-refractivity contribution in [2.45, 2.75) is 26.8 Å². The Morgan fingerprint density at radius 1 is 1.41 bits per heavy atom. The van der Waals surface area contributed by atoms with Gasteiger partial charge in [0.15, 0.2) is 0 Å². The van der Waals surface area contributed by atoms with Crippen molar-refractivity contribution >= 4 is 11.6 Å². The number of rotatable bonds is 2. The molecule has 0 aliphatic rings. The minimum absolute atomic E-state index is 0.126. The Morgan fingerprint density at radius 3 is 2.41 bits per heavy atom. The molecule has 5 heteroatoms. The fourth-order valence-corrected chi connectivity index (χ4v) is 1.88. The van der Waals surface area contributed by atoms with Crippen molar-refractivity contribution in [1.82, 2.24) is 9.47 Å². The number of carbonyl (C=O) groups is 1. The molecule has 94 valence electrons. The summed E-state index contributed by atoms with van der Waals surface area (Å²) in [5.74, 6) is -0.126. The molecule has 0 aliphatic heterocycles. The van der Waals surface area contributed by atoms with Crippen molar-refractivity contribution in [1.29, 1.82) is 0 Å². The van der Waals surface area contributed by atoms with E-state index in [4.69, 9.17) is 5.73 Å². The van der Waals surface area contributed by atoms with Gasteiger partial charge in [0, 0.05) is 19.8 Å². The minimum Gasteiger partial charge on any atom is -0.394 e. The van der Waals surface area contributed by atoms with E-state index >= 15 is 0 Å². The molecule has 1 amide bonds. The van der Waals surface area contributed by atoms with Gasteiger partial charge in [-0.05, 0) is 32.4 Å². The molecular weight excluding hydrogens is 218 g/mol. The lowest BCUT2D eigenvalue weighted by atomic mass is 10.2. The standard InChI is InChI=1S/C12H19N3O2/c1-7-6-8(2)15(12(17)10(7)13)9(3)11(16)14(4)5/h6,9H,13H2,1-5H3/t9-/m0/s1. The van der Waals surface area contributed by atoms with Crippen LogP contribution in [0, 0.1) is 13.8 Å². The summed E-state index contributed by atoms with van der Waals surface area (Å²) >= 11 is 0. The molecule has 2 N–H and O–H groups in total. The van der Waals surface area contributed by atoms with Crippen LogP contribution in [-0.2, 0) is 4.79 Å². The molecule has 5 nitrogen and oxygen atoms in total. The minimum atomic E-state index is -0.541. The number of nitrogens with two attached hydrogens (primary N) is 1. The summed E-state index contributed by atoms with van der Waals surface area (Å²) in [6.07, 6.45) is 0. The Balaban J connectivity index is 3.38. The van der Waals surface area contributed by atoms with E-state index in [2.05, 4.69) is 0 Å². The maximum absolute atomic E-state index is 12.0. The van der Waals surface area contributed by atoms with Gasteiger partial charge in [-0.25, -0.2) is 0 Å². The van der Waals surface area contributed by atoms with Gasteiger partial charge < -0.3 is 10.6 Å². The number of pyridine rings is 1. The molecule has 0 aliphatic carbocycles. The maximum atomic E-state index is 12.0. The number of aromatic nitrogens is 1. The van der Waals surface area contributed by atoms with Gasteiger partial charge in [-0.3, -0.25) is 14.2 Å². The van der Waals surface area contributed by atoms with Crippen LogP contribution in [0.4, 0.5) is 5.69 Å². The smallest absolute Gasteiger partial charge is 0.274 e. The van der Waals surface area contributed by atoms with E-state index in [9.17, 15) is 9.59 Å². The summed E-state index contributed by atoms with van der Waals surface area (Å²) in [4.78, 5) is 25.4. The Morgan fingerprint density at radius 2 is 1.94 bits per heavy atom. The molecular formula is C12H19N3O2. The van der Waals surface area contributed by atoms with Crippen molar-refractivity contribution < 1.29 is 4.79 Å². The summed E-state index contributed by atoms with van der Waals surface area (Å²) in [7, 11) is 3.33. The zero-order valence-corrected chi connectivity index (χ0v) is 10.9. The van der Waals surface area contributed by atoms with E-state index in [1.165, 1.54) is 9.47 Å². The van der Waals surface area contributed by atoms with E-state index in [1.54, 1.807) is 34.9 Å². The number of hydrogen-bond donors (Lipinski definition) is 1. The van der Waals surface area contributed by atoms with Gasteiger partial charge in [0.05, 0.1) is 0 Å². The molecule has 0 aromatic carbocycles. The van der Waals surface area contributed by atoms with Gasteiger partial charge in [-0.15, -0.1) is 0 Å². The maximum Gasteiger partial charge on any atom is 0.274 e. The fraction of sp³-hybridized carbons (Fsp3) is 0.500. The van der Waals surface area contributed by atoms with Crippen molar-refractivity contribution in [2.75, 3.05) is 19.8 Å². The van der Waals surface area contributed by atoms with Gasteiger partial charge in [-0.1, -0.05) is 0 Å². The highest BCUT2D eigenvalue weighted by atomic mass is 16.2. The molecule has 0 saturated heterocycles. The second kappa shape index (κ2) is 4.61.